The standard InChI is InChI=1S/C13H14F9NO3S/c1-3-9(2)6-4-5-7(9)8(24)23-27(25,26)13(21,22)11(16,17)10(14,15)12(18,19)20/h3,7H,1,4-6H2,2H3,(H,23,24). The lowest BCUT2D eigenvalue weighted by molar-refractivity contribution is -0.382. The Morgan fingerprint density at radius 3 is 1.96 bits per heavy atom. The SMILES string of the molecule is C=CC1(C)CCCC1C(=O)NS(=O)(=O)C(F)(F)C(F)(F)C(F)(F)C(F)(F)F. The van der Waals surface area contributed by atoms with E-state index in [0.717, 1.165) is 0 Å². The summed E-state index contributed by atoms with van der Waals surface area (Å²) in [5.41, 5.74) is -1.10. The lowest BCUT2D eigenvalue weighted by Crippen LogP contribution is -2.65. The Bertz CT molecular complexity index is 717. The summed E-state index contributed by atoms with van der Waals surface area (Å²) in [6, 6.07) is 0. The van der Waals surface area contributed by atoms with E-state index >= 15 is 0 Å². The predicted octanol–water partition coefficient (Wildman–Crippen LogP) is 3.85. The summed E-state index contributed by atoms with van der Waals surface area (Å²) in [6.07, 6.45) is -5.48. The number of carbonyl (C=O) groups excluding carboxylic acids is 1. The average Bonchev–Trinajstić information content (AvgIpc) is 2.87. The molecule has 0 aromatic rings. The van der Waals surface area contributed by atoms with Crippen molar-refractivity contribution < 1.29 is 52.7 Å². The summed E-state index contributed by atoms with van der Waals surface area (Å²) in [5, 5.41) is -6.95. The number of halogens is 9. The summed E-state index contributed by atoms with van der Waals surface area (Å²) in [7, 11) is -6.95. The van der Waals surface area contributed by atoms with Crippen LogP contribution in [0.3, 0.4) is 0 Å². The topological polar surface area (TPSA) is 63.2 Å². The van der Waals surface area contributed by atoms with E-state index in [-0.39, 0.29) is 12.8 Å². The maximum absolute atomic E-state index is 13.6. The largest absolute Gasteiger partial charge is 0.460 e. The van der Waals surface area contributed by atoms with Gasteiger partial charge < -0.3 is 0 Å². The third kappa shape index (κ3) is 3.51. The van der Waals surface area contributed by atoms with Crippen LogP contribution in [-0.2, 0) is 14.8 Å². The number of hydrogen-bond acceptors (Lipinski definition) is 3. The van der Waals surface area contributed by atoms with Crippen LogP contribution in [0.4, 0.5) is 39.5 Å². The maximum atomic E-state index is 13.6. The van der Waals surface area contributed by atoms with E-state index in [4.69, 9.17) is 0 Å². The molecule has 14 heteroatoms. The summed E-state index contributed by atoms with van der Waals surface area (Å²) >= 11 is 0. The first-order chi connectivity index (χ1) is 11.8. The van der Waals surface area contributed by atoms with Gasteiger partial charge >= 0.3 is 33.3 Å². The quantitative estimate of drug-likeness (QED) is 0.509. The van der Waals surface area contributed by atoms with Crippen LogP contribution in [-0.4, -0.2) is 37.6 Å². The van der Waals surface area contributed by atoms with E-state index in [0.29, 0.717) is 11.1 Å². The molecular formula is C13H14F9NO3S. The zero-order valence-electron chi connectivity index (χ0n) is 13.5. The van der Waals surface area contributed by atoms with Crippen molar-refractivity contribution in [2.75, 3.05) is 0 Å². The van der Waals surface area contributed by atoms with Gasteiger partial charge in [0, 0.05) is 5.92 Å². The third-order valence-electron chi connectivity index (χ3n) is 4.48. The van der Waals surface area contributed by atoms with Crippen molar-refractivity contribution in [3.05, 3.63) is 12.7 Å². The lowest BCUT2D eigenvalue weighted by atomic mass is 9.79. The number of alkyl halides is 9. The van der Waals surface area contributed by atoms with Crippen LogP contribution in [0.25, 0.3) is 0 Å². The highest BCUT2D eigenvalue weighted by molar-refractivity contribution is 7.91. The fourth-order valence-electron chi connectivity index (χ4n) is 2.66. The molecule has 1 saturated carbocycles. The van der Waals surface area contributed by atoms with Gasteiger partial charge in [-0.2, -0.15) is 47.9 Å². The molecule has 0 aromatic carbocycles. The summed E-state index contributed by atoms with van der Waals surface area (Å²) < 4.78 is 139. The Labute approximate surface area is 147 Å². The number of sulfonamides is 1. The summed E-state index contributed by atoms with van der Waals surface area (Å²) in [4.78, 5) is 11.9. The minimum atomic E-state index is -7.39. The van der Waals surface area contributed by atoms with Crippen LogP contribution >= 0.6 is 0 Å². The fraction of sp³-hybridized carbons (Fsp3) is 0.769. The van der Waals surface area contributed by atoms with E-state index in [1.165, 1.54) is 13.0 Å². The smallest absolute Gasteiger partial charge is 0.274 e. The van der Waals surface area contributed by atoms with Gasteiger partial charge in [-0.1, -0.05) is 19.4 Å². The molecule has 1 amide bonds. The van der Waals surface area contributed by atoms with Gasteiger partial charge in [0.1, 0.15) is 0 Å². The van der Waals surface area contributed by atoms with Crippen LogP contribution in [0.5, 0.6) is 0 Å². The minimum Gasteiger partial charge on any atom is -0.274 e. The van der Waals surface area contributed by atoms with E-state index in [2.05, 4.69) is 6.58 Å². The van der Waals surface area contributed by atoms with Crippen LogP contribution in [0.2, 0.25) is 0 Å². The van der Waals surface area contributed by atoms with Crippen molar-refractivity contribution in [3.63, 3.8) is 0 Å². The van der Waals surface area contributed by atoms with Crippen molar-refractivity contribution in [1.29, 1.82) is 0 Å². The van der Waals surface area contributed by atoms with Crippen molar-refractivity contribution in [1.82, 2.24) is 4.72 Å². The number of hydrogen-bond donors (Lipinski definition) is 1. The highest BCUT2D eigenvalue weighted by Gasteiger charge is 2.85. The molecule has 1 fully saturated rings. The summed E-state index contributed by atoms with van der Waals surface area (Å²) in [6.45, 7) is 4.75. The zero-order valence-corrected chi connectivity index (χ0v) is 14.3. The van der Waals surface area contributed by atoms with Gasteiger partial charge in [-0.15, -0.1) is 6.58 Å². The molecule has 158 valence electrons. The first kappa shape index (κ1) is 23.6. The molecule has 1 rings (SSSR count). The maximum Gasteiger partial charge on any atom is 0.460 e. The Kier molecular flexibility index (Phi) is 5.72. The van der Waals surface area contributed by atoms with Crippen molar-refractivity contribution in [3.8, 4) is 0 Å². The second kappa shape index (κ2) is 6.55. The molecule has 0 spiro atoms. The van der Waals surface area contributed by atoms with Crippen LogP contribution in [0.15, 0.2) is 12.7 Å². The van der Waals surface area contributed by atoms with Gasteiger partial charge in [0.2, 0.25) is 5.91 Å². The zero-order chi connectivity index (χ0) is 21.7. The van der Waals surface area contributed by atoms with Crippen LogP contribution in [0.1, 0.15) is 26.2 Å². The molecule has 0 saturated heterocycles. The number of carbonyl (C=O) groups is 1. The molecule has 1 aliphatic rings. The molecule has 0 aliphatic heterocycles. The molecular weight excluding hydrogens is 421 g/mol. The van der Waals surface area contributed by atoms with Crippen molar-refractivity contribution in [2.45, 2.75) is 49.5 Å². The average molecular weight is 435 g/mol. The first-order valence-corrected chi connectivity index (χ1v) is 8.67. The number of allylic oxidation sites excluding steroid dienone is 1. The van der Waals surface area contributed by atoms with Gasteiger partial charge in [0.05, 0.1) is 0 Å². The van der Waals surface area contributed by atoms with E-state index in [1.54, 1.807) is 0 Å². The monoisotopic (exact) mass is 435 g/mol. The lowest BCUT2D eigenvalue weighted by Gasteiger charge is -2.33. The number of amides is 1. The third-order valence-corrected chi connectivity index (χ3v) is 5.88. The van der Waals surface area contributed by atoms with E-state index in [1.807, 2.05) is 0 Å². The van der Waals surface area contributed by atoms with Gasteiger partial charge in [-0.25, -0.2) is 4.72 Å². The number of rotatable bonds is 6. The van der Waals surface area contributed by atoms with Gasteiger partial charge in [0.25, 0.3) is 0 Å². The predicted molar refractivity (Wildman–Crippen MR) is 73.6 cm³/mol. The van der Waals surface area contributed by atoms with Crippen molar-refractivity contribution >= 4 is 15.9 Å². The molecule has 0 aromatic heterocycles. The molecule has 1 N–H and O–H groups in total. The molecule has 4 nitrogen and oxygen atoms in total. The highest BCUT2D eigenvalue weighted by atomic mass is 32.2. The molecule has 0 bridgehead atoms. The Balaban J connectivity index is 3.26. The van der Waals surface area contributed by atoms with Gasteiger partial charge in [-0.05, 0) is 18.3 Å². The number of nitrogens with one attached hydrogen (secondary N) is 1. The Hall–Kier alpha value is -1.47. The van der Waals surface area contributed by atoms with Crippen LogP contribution in [0, 0.1) is 11.3 Å². The molecule has 2 unspecified atom stereocenters. The molecule has 1 aliphatic carbocycles. The molecule has 0 heterocycles. The van der Waals surface area contributed by atoms with Gasteiger partial charge in [0.15, 0.2) is 0 Å². The Morgan fingerprint density at radius 1 is 1.07 bits per heavy atom. The fourth-order valence-corrected chi connectivity index (χ4v) is 3.66. The Morgan fingerprint density at radius 2 is 1.56 bits per heavy atom. The van der Waals surface area contributed by atoms with E-state index < -0.39 is 50.5 Å². The summed E-state index contributed by atoms with van der Waals surface area (Å²) in [5.74, 6) is -17.8. The van der Waals surface area contributed by atoms with E-state index in [9.17, 15) is 52.7 Å². The van der Waals surface area contributed by atoms with Crippen molar-refractivity contribution in [2.24, 2.45) is 11.3 Å². The second-order valence-electron chi connectivity index (χ2n) is 6.29. The molecule has 0 radical (unpaired) electrons. The second-order valence-corrected chi connectivity index (χ2v) is 8.01. The van der Waals surface area contributed by atoms with Gasteiger partial charge in [-0.3, -0.25) is 4.79 Å². The molecule has 2 atom stereocenters. The first-order valence-electron chi connectivity index (χ1n) is 7.18. The minimum absolute atomic E-state index is 0.0649. The van der Waals surface area contributed by atoms with Crippen LogP contribution < -0.4 is 4.72 Å². The highest BCUT2D eigenvalue weighted by Crippen LogP contribution is 2.54. The normalized spacial score (nSPS) is 25.3. The molecule has 27 heavy (non-hydrogen) atoms.